The summed E-state index contributed by atoms with van der Waals surface area (Å²) in [6.07, 6.45) is 2.71. The Hall–Kier alpha value is -1.71. The number of amides is 1. The molecule has 1 saturated heterocycles. The molecule has 2 rings (SSSR count). The molecule has 0 radical (unpaired) electrons. The minimum atomic E-state index is -0.435. The number of phenolic OH excluding ortho intramolecular Hbond substituents is 1. The van der Waals surface area contributed by atoms with Crippen LogP contribution in [0, 0.1) is 5.92 Å². The zero-order valence-corrected chi connectivity index (χ0v) is 13.1. The summed E-state index contributed by atoms with van der Waals surface area (Å²) in [6.45, 7) is 7.16. The molecule has 0 unspecified atom stereocenters. The molecule has 1 heterocycles. The lowest BCUT2D eigenvalue weighted by Gasteiger charge is -2.33. The molecule has 1 aromatic rings. The molecule has 1 fully saturated rings. The van der Waals surface area contributed by atoms with Crippen molar-refractivity contribution in [3.05, 3.63) is 29.8 Å². The maximum atomic E-state index is 12.0. The van der Waals surface area contributed by atoms with Gasteiger partial charge in [-0.05, 0) is 63.6 Å². The third-order valence-electron chi connectivity index (χ3n) is 3.70. The first kappa shape index (κ1) is 15.7. The van der Waals surface area contributed by atoms with Gasteiger partial charge in [0.25, 0.3) is 0 Å². The van der Waals surface area contributed by atoms with Gasteiger partial charge in [-0.3, -0.25) is 0 Å². The molecule has 4 heteroatoms. The SMILES string of the molecule is CC(C)(C)OC(=O)N1CCC(Cc2cccc(O)c2)CC1. The molecule has 1 amide bonds. The monoisotopic (exact) mass is 291 g/mol. The fourth-order valence-electron chi connectivity index (χ4n) is 2.66. The Bertz CT molecular complexity index is 485. The summed E-state index contributed by atoms with van der Waals surface area (Å²) >= 11 is 0. The molecule has 0 spiro atoms. The van der Waals surface area contributed by atoms with Crippen LogP contribution < -0.4 is 0 Å². The maximum absolute atomic E-state index is 12.0. The van der Waals surface area contributed by atoms with Gasteiger partial charge < -0.3 is 14.7 Å². The second kappa shape index (κ2) is 6.37. The predicted molar refractivity (Wildman–Crippen MR) is 82.3 cm³/mol. The fourth-order valence-corrected chi connectivity index (χ4v) is 2.66. The van der Waals surface area contributed by atoms with E-state index in [2.05, 4.69) is 0 Å². The Morgan fingerprint density at radius 1 is 1.33 bits per heavy atom. The number of hydrogen-bond acceptors (Lipinski definition) is 3. The average Bonchev–Trinajstić information content (AvgIpc) is 2.37. The number of nitrogens with zero attached hydrogens (tertiary/aromatic N) is 1. The van der Waals surface area contributed by atoms with Gasteiger partial charge in [-0.2, -0.15) is 0 Å². The summed E-state index contributed by atoms with van der Waals surface area (Å²) < 4.78 is 5.40. The third kappa shape index (κ3) is 4.96. The summed E-state index contributed by atoms with van der Waals surface area (Å²) in [5.41, 5.74) is 0.723. The molecule has 1 aliphatic rings. The third-order valence-corrected chi connectivity index (χ3v) is 3.70. The molecule has 0 aromatic heterocycles. The van der Waals surface area contributed by atoms with E-state index in [-0.39, 0.29) is 6.09 Å². The first-order valence-electron chi connectivity index (χ1n) is 7.59. The van der Waals surface area contributed by atoms with E-state index in [0.717, 1.165) is 37.9 Å². The lowest BCUT2D eigenvalue weighted by atomic mass is 9.90. The second-order valence-electron chi connectivity index (χ2n) is 6.78. The lowest BCUT2D eigenvalue weighted by Crippen LogP contribution is -2.42. The number of rotatable bonds is 2. The topological polar surface area (TPSA) is 49.8 Å². The molecule has 0 bridgehead atoms. The Kier molecular flexibility index (Phi) is 4.76. The number of carbonyl (C=O) groups excluding carboxylic acids is 1. The lowest BCUT2D eigenvalue weighted by molar-refractivity contribution is 0.0184. The second-order valence-corrected chi connectivity index (χ2v) is 6.78. The van der Waals surface area contributed by atoms with Crippen molar-refractivity contribution in [3.8, 4) is 5.75 Å². The fraction of sp³-hybridized carbons (Fsp3) is 0.588. The summed E-state index contributed by atoms with van der Waals surface area (Å²) in [7, 11) is 0. The quantitative estimate of drug-likeness (QED) is 0.906. The molecule has 4 nitrogen and oxygen atoms in total. The Labute approximate surface area is 126 Å². The molecule has 1 aliphatic heterocycles. The minimum Gasteiger partial charge on any atom is -0.508 e. The van der Waals surface area contributed by atoms with Gasteiger partial charge in [-0.1, -0.05) is 12.1 Å². The number of carbonyl (C=O) groups is 1. The van der Waals surface area contributed by atoms with Gasteiger partial charge in [0.2, 0.25) is 0 Å². The molecular formula is C17H25NO3. The molecule has 0 atom stereocenters. The van der Waals surface area contributed by atoms with Crippen LogP contribution in [0.15, 0.2) is 24.3 Å². The number of benzene rings is 1. The van der Waals surface area contributed by atoms with Crippen molar-refractivity contribution in [3.63, 3.8) is 0 Å². The van der Waals surface area contributed by atoms with Crippen LogP contribution in [0.25, 0.3) is 0 Å². The van der Waals surface area contributed by atoms with E-state index in [1.807, 2.05) is 39.0 Å². The van der Waals surface area contributed by atoms with Gasteiger partial charge in [-0.25, -0.2) is 4.79 Å². The van der Waals surface area contributed by atoms with Crippen LogP contribution in [0.3, 0.4) is 0 Å². The smallest absolute Gasteiger partial charge is 0.410 e. The van der Waals surface area contributed by atoms with Crippen LogP contribution in [-0.2, 0) is 11.2 Å². The van der Waals surface area contributed by atoms with E-state index in [9.17, 15) is 9.90 Å². The predicted octanol–water partition coefficient (Wildman–Crippen LogP) is 3.58. The highest BCUT2D eigenvalue weighted by Gasteiger charge is 2.26. The highest BCUT2D eigenvalue weighted by Crippen LogP contribution is 2.24. The number of piperidine rings is 1. The largest absolute Gasteiger partial charge is 0.508 e. The number of hydrogen-bond donors (Lipinski definition) is 1. The van der Waals surface area contributed by atoms with Gasteiger partial charge in [-0.15, -0.1) is 0 Å². The van der Waals surface area contributed by atoms with Crippen molar-refractivity contribution in [1.82, 2.24) is 4.90 Å². The zero-order chi connectivity index (χ0) is 15.5. The van der Waals surface area contributed by atoms with E-state index in [1.165, 1.54) is 0 Å². The van der Waals surface area contributed by atoms with E-state index in [0.29, 0.717) is 11.7 Å². The maximum Gasteiger partial charge on any atom is 0.410 e. The van der Waals surface area contributed by atoms with E-state index >= 15 is 0 Å². The normalized spacial score (nSPS) is 16.8. The molecule has 116 valence electrons. The molecule has 21 heavy (non-hydrogen) atoms. The van der Waals surface area contributed by atoms with Gasteiger partial charge in [0, 0.05) is 13.1 Å². The van der Waals surface area contributed by atoms with E-state index in [1.54, 1.807) is 11.0 Å². The Morgan fingerprint density at radius 3 is 2.57 bits per heavy atom. The highest BCUT2D eigenvalue weighted by molar-refractivity contribution is 5.68. The molecule has 1 aromatic carbocycles. The average molecular weight is 291 g/mol. The van der Waals surface area contributed by atoms with Crippen molar-refractivity contribution in [2.75, 3.05) is 13.1 Å². The van der Waals surface area contributed by atoms with Gasteiger partial charge >= 0.3 is 6.09 Å². The van der Waals surface area contributed by atoms with E-state index in [4.69, 9.17) is 4.74 Å². The van der Waals surface area contributed by atoms with Gasteiger partial charge in [0.05, 0.1) is 0 Å². The van der Waals surface area contributed by atoms with Gasteiger partial charge in [0.15, 0.2) is 0 Å². The molecule has 0 saturated carbocycles. The van der Waals surface area contributed by atoms with Crippen molar-refractivity contribution < 1.29 is 14.6 Å². The van der Waals surface area contributed by atoms with Crippen molar-refractivity contribution >= 4 is 6.09 Å². The van der Waals surface area contributed by atoms with Crippen LogP contribution in [-0.4, -0.2) is 34.8 Å². The minimum absolute atomic E-state index is 0.210. The molecular weight excluding hydrogens is 266 g/mol. The van der Waals surface area contributed by atoms with Gasteiger partial charge in [0.1, 0.15) is 11.4 Å². The summed E-state index contributed by atoms with van der Waals surface area (Å²) in [4.78, 5) is 13.8. The first-order chi connectivity index (χ1) is 9.83. The van der Waals surface area contributed by atoms with Crippen LogP contribution in [0.1, 0.15) is 39.2 Å². The first-order valence-corrected chi connectivity index (χ1v) is 7.59. The van der Waals surface area contributed by atoms with Crippen LogP contribution in [0.4, 0.5) is 4.79 Å². The summed E-state index contributed by atoms with van der Waals surface area (Å²) in [5, 5.41) is 9.50. The van der Waals surface area contributed by atoms with Crippen LogP contribution in [0.2, 0.25) is 0 Å². The van der Waals surface area contributed by atoms with E-state index < -0.39 is 5.60 Å². The number of ether oxygens (including phenoxy) is 1. The zero-order valence-electron chi connectivity index (χ0n) is 13.1. The summed E-state index contributed by atoms with van der Waals surface area (Å²) in [5.74, 6) is 0.879. The highest BCUT2D eigenvalue weighted by atomic mass is 16.6. The van der Waals surface area contributed by atoms with Crippen LogP contribution in [0.5, 0.6) is 5.75 Å². The molecule has 0 aliphatic carbocycles. The van der Waals surface area contributed by atoms with Crippen molar-refractivity contribution in [1.29, 1.82) is 0 Å². The number of aromatic hydroxyl groups is 1. The molecule has 1 N–H and O–H groups in total. The Balaban J connectivity index is 1.82. The number of likely N-dealkylation sites (tertiary alicyclic amines) is 1. The standard InChI is InChI=1S/C17H25NO3/c1-17(2,3)21-16(20)18-9-7-13(8-10-18)11-14-5-4-6-15(19)12-14/h4-6,12-13,19H,7-11H2,1-3H3. The van der Waals surface area contributed by atoms with Crippen molar-refractivity contribution in [2.24, 2.45) is 5.92 Å². The summed E-state index contributed by atoms with van der Waals surface area (Å²) in [6, 6.07) is 7.43. The van der Waals surface area contributed by atoms with Crippen molar-refractivity contribution in [2.45, 2.75) is 45.6 Å². The van der Waals surface area contributed by atoms with Crippen LogP contribution >= 0.6 is 0 Å². The Morgan fingerprint density at radius 2 is 2.00 bits per heavy atom. The number of phenols is 1.